The summed E-state index contributed by atoms with van der Waals surface area (Å²) in [5.41, 5.74) is 0.814. The number of carboxylic acid groups (broad SMARTS) is 1. The van der Waals surface area contributed by atoms with Crippen molar-refractivity contribution in [1.29, 1.82) is 0 Å². The number of aliphatic hydroxyl groups is 1. The minimum absolute atomic E-state index is 0.0649. The van der Waals surface area contributed by atoms with Crippen molar-refractivity contribution in [2.24, 2.45) is 5.92 Å². The van der Waals surface area contributed by atoms with Crippen molar-refractivity contribution in [2.75, 3.05) is 18.0 Å². The molecule has 2 N–H and O–H groups in total. The third kappa shape index (κ3) is 2.70. The summed E-state index contributed by atoms with van der Waals surface area (Å²) in [5.74, 6) is -0.722. The Morgan fingerprint density at radius 3 is 2.76 bits per heavy atom. The van der Waals surface area contributed by atoms with E-state index in [1.165, 1.54) is 0 Å². The van der Waals surface area contributed by atoms with Crippen molar-refractivity contribution >= 4 is 11.9 Å². The summed E-state index contributed by atoms with van der Waals surface area (Å²) < 4.78 is 1.58. The molecular formula is C13H15N5O3. The molecule has 110 valence electrons. The second kappa shape index (κ2) is 5.49. The van der Waals surface area contributed by atoms with Gasteiger partial charge in [0.2, 0.25) is 5.95 Å². The highest BCUT2D eigenvalue weighted by molar-refractivity contribution is 5.67. The van der Waals surface area contributed by atoms with E-state index in [1.54, 1.807) is 4.68 Å². The summed E-state index contributed by atoms with van der Waals surface area (Å²) in [6.07, 6.45) is -0.757. The minimum atomic E-state index is -0.913. The molecule has 1 saturated heterocycles. The molecule has 0 spiro atoms. The first kappa shape index (κ1) is 13.5. The molecule has 8 nitrogen and oxygen atoms in total. The van der Waals surface area contributed by atoms with Crippen LogP contribution >= 0.6 is 0 Å². The van der Waals surface area contributed by atoms with Crippen molar-refractivity contribution in [3.8, 4) is 5.69 Å². The van der Waals surface area contributed by atoms with E-state index in [2.05, 4.69) is 15.5 Å². The standard InChI is InChI=1S/C13H15N5O3/c19-11-8-17(7-9(11)6-12(20)21)13-14-15-16-18(13)10-4-2-1-3-5-10/h1-5,9,11,19H,6-8H2,(H,20,21)/t9-,11-/m1/s1. The molecule has 0 bridgehead atoms. The van der Waals surface area contributed by atoms with Gasteiger partial charge >= 0.3 is 5.97 Å². The summed E-state index contributed by atoms with van der Waals surface area (Å²) in [6, 6.07) is 9.41. The lowest BCUT2D eigenvalue weighted by molar-refractivity contribution is -0.138. The summed E-state index contributed by atoms with van der Waals surface area (Å²) in [4.78, 5) is 12.6. The van der Waals surface area contributed by atoms with Crippen LogP contribution in [0.1, 0.15) is 6.42 Å². The molecule has 3 rings (SSSR count). The maximum absolute atomic E-state index is 10.8. The molecule has 0 radical (unpaired) electrons. The van der Waals surface area contributed by atoms with Crippen molar-refractivity contribution < 1.29 is 15.0 Å². The van der Waals surface area contributed by atoms with Gasteiger partial charge in [-0.15, -0.1) is 0 Å². The highest BCUT2D eigenvalue weighted by Gasteiger charge is 2.35. The van der Waals surface area contributed by atoms with E-state index in [0.717, 1.165) is 5.69 Å². The Hall–Kier alpha value is -2.48. The van der Waals surface area contributed by atoms with Crippen LogP contribution in [0.4, 0.5) is 5.95 Å². The number of aromatic nitrogens is 4. The van der Waals surface area contributed by atoms with Gasteiger partial charge in [-0.3, -0.25) is 4.79 Å². The zero-order valence-corrected chi connectivity index (χ0v) is 11.2. The van der Waals surface area contributed by atoms with Gasteiger partial charge in [0.05, 0.1) is 18.2 Å². The number of hydrogen-bond donors (Lipinski definition) is 2. The molecule has 1 aromatic carbocycles. The Morgan fingerprint density at radius 2 is 2.05 bits per heavy atom. The lowest BCUT2D eigenvalue weighted by Gasteiger charge is -2.16. The number of para-hydroxylation sites is 1. The number of carbonyl (C=O) groups is 1. The Balaban J connectivity index is 1.83. The summed E-state index contributed by atoms with van der Waals surface area (Å²) in [6.45, 7) is 0.742. The van der Waals surface area contributed by atoms with Crippen LogP contribution in [-0.2, 0) is 4.79 Å². The number of aliphatic hydroxyl groups excluding tert-OH is 1. The number of hydrogen-bond acceptors (Lipinski definition) is 6. The van der Waals surface area contributed by atoms with Gasteiger partial charge in [0.25, 0.3) is 0 Å². The lowest BCUT2D eigenvalue weighted by Crippen LogP contribution is -2.24. The molecule has 0 saturated carbocycles. The molecule has 1 aromatic heterocycles. The topological polar surface area (TPSA) is 104 Å². The largest absolute Gasteiger partial charge is 0.481 e. The summed E-state index contributed by atoms with van der Waals surface area (Å²) in [7, 11) is 0. The fourth-order valence-corrected chi connectivity index (χ4v) is 2.56. The van der Waals surface area contributed by atoms with Gasteiger partial charge in [-0.05, 0) is 22.6 Å². The van der Waals surface area contributed by atoms with Gasteiger partial charge in [0, 0.05) is 19.0 Å². The van der Waals surface area contributed by atoms with E-state index in [4.69, 9.17) is 5.11 Å². The molecular weight excluding hydrogens is 274 g/mol. The Labute approximate surface area is 120 Å². The predicted molar refractivity (Wildman–Crippen MR) is 73.1 cm³/mol. The number of nitrogens with zero attached hydrogens (tertiary/aromatic N) is 5. The smallest absolute Gasteiger partial charge is 0.303 e. The van der Waals surface area contributed by atoms with Crippen molar-refractivity contribution in [1.82, 2.24) is 20.2 Å². The van der Waals surface area contributed by atoms with E-state index in [9.17, 15) is 9.90 Å². The van der Waals surface area contributed by atoms with E-state index in [-0.39, 0.29) is 12.3 Å². The number of benzene rings is 1. The average Bonchev–Trinajstić information content (AvgIpc) is 3.07. The molecule has 2 atom stereocenters. The molecule has 1 aliphatic rings. The molecule has 0 amide bonds. The number of rotatable bonds is 4. The molecule has 1 fully saturated rings. The molecule has 2 aromatic rings. The molecule has 21 heavy (non-hydrogen) atoms. The zero-order valence-electron chi connectivity index (χ0n) is 11.2. The van der Waals surface area contributed by atoms with Crippen LogP contribution in [0.15, 0.2) is 30.3 Å². The van der Waals surface area contributed by atoms with Crippen molar-refractivity contribution in [3.05, 3.63) is 30.3 Å². The highest BCUT2D eigenvalue weighted by atomic mass is 16.4. The maximum Gasteiger partial charge on any atom is 0.303 e. The van der Waals surface area contributed by atoms with Gasteiger partial charge < -0.3 is 15.1 Å². The second-order valence-electron chi connectivity index (χ2n) is 5.06. The van der Waals surface area contributed by atoms with E-state index >= 15 is 0 Å². The van der Waals surface area contributed by atoms with Crippen LogP contribution in [0.25, 0.3) is 5.69 Å². The van der Waals surface area contributed by atoms with E-state index in [0.29, 0.717) is 19.0 Å². The summed E-state index contributed by atoms with van der Waals surface area (Å²) in [5, 5.41) is 30.5. The molecule has 2 heterocycles. The number of carboxylic acids is 1. The second-order valence-corrected chi connectivity index (χ2v) is 5.06. The number of anilines is 1. The third-order valence-electron chi connectivity index (χ3n) is 3.58. The summed E-state index contributed by atoms with van der Waals surface area (Å²) >= 11 is 0. The Morgan fingerprint density at radius 1 is 1.29 bits per heavy atom. The number of aliphatic carboxylic acids is 1. The molecule has 1 aliphatic heterocycles. The fraction of sp³-hybridized carbons (Fsp3) is 0.385. The van der Waals surface area contributed by atoms with Crippen molar-refractivity contribution in [2.45, 2.75) is 12.5 Å². The van der Waals surface area contributed by atoms with Gasteiger partial charge in [-0.2, -0.15) is 4.68 Å². The SMILES string of the molecule is O=C(O)C[C@@H]1CN(c2nnnn2-c2ccccc2)C[C@H]1O. The number of tetrazole rings is 1. The maximum atomic E-state index is 10.8. The van der Waals surface area contributed by atoms with Crippen LogP contribution in [-0.4, -0.2) is 55.6 Å². The van der Waals surface area contributed by atoms with E-state index in [1.807, 2.05) is 35.2 Å². The third-order valence-corrected chi connectivity index (χ3v) is 3.58. The van der Waals surface area contributed by atoms with E-state index < -0.39 is 12.1 Å². The van der Waals surface area contributed by atoms with Crippen LogP contribution in [0.5, 0.6) is 0 Å². The van der Waals surface area contributed by atoms with Crippen molar-refractivity contribution in [3.63, 3.8) is 0 Å². The fourth-order valence-electron chi connectivity index (χ4n) is 2.56. The normalized spacial score (nSPS) is 21.7. The minimum Gasteiger partial charge on any atom is -0.481 e. The monoisotopic (exact) mass is 289 g/mol. The first-order chi connectivity index (χ1) is 10.1. The molecule has 0 aliphatic carbocycles. The van der Waals surface area contributed by atoms with Gasteiger partial charge in [-0.1, -0.05) is 23.3 Å². The predicted octanol–water partition coefficient (Wildman–Crippen LogP) is -0.0659. The Kier molecular flexibility index (Phi) is 3.53. The van der Waals surface area contributed by atoms with Gasteiger partial charge in [-0.25, -0.2) is 0 Å². The quantitative estimate of drug-likeness (QED) is 0.812. The lowest BCUT2D eigenvalue weighted by atomic mass is 10.0. The zero-order chi connectivity index (χ0) is 14.8. The number of β-amino-alcohol motifs (C(OH)–C–C–N with tert-alkyl or cyclic N) is 1. The van der Waals surface area contributed by atoms with Crippen LogP contribution < -0.4 is 4.90 Å². The average molecular weight is 289 g/mol. The first-order valence-corrected chi connectivity index (χ1v) is 6.64. The molecule has 8 heteroatoms. The molecule has 0 unspecified atom stereocenters. The van der Waals surface area contributed by atoms with Crippen LogP contribution in [0, 0.1) is 5.92 Å². The first-order valence-electron chi connectivity index (χ1n) is 6.64. The highest BCUT2D eigenvalue weighted by Crippen LogP contribution is 2.25. The van der Waals surface area contributed by atoms with Crippen LogP contribution in [0.3, 0.4) is 0 Å². The Bertz CT molecular complexity index is 630. The van der Waals surface area contributed by atoms with Crippen LogP contribution in [0.2, 0.25) is 0 Å². The van der Waals surface area contributed by atoms with Gasteiger partial charge in [0.15, 0.2) is 0 Å². The van der Waals surface area contributed by atoms with Gasteiger partial charge in [0.1, 0.15) is 0 Å².